The van der Waals surface area contributed by atoms with Gasteiger partial charge < -0.3 is 19.4 Å². The number of fused-ring (bicyclic) bond motifs is 1. The second-order valence-electron chi connectivity index (χ2n) is 6.73. The molecule has 7 heteroatoms. The van der Waals surface area contributed by atoms with Gasteiger partial charge in [-0.2, -0.15) is 0 Å². The van der Waals surface area contributed by atoms with Gasteiger partial charge in [0.2, 0.25) is 0 Å². The topological polar surface area (TPSA) is 81.8 Å². The van der Waals surface area contributed by atoms with E-state index in [1.54, 1.807) is 54.6 Å². The molecule has 0 fully saturated rings. The molecule has 0 unspecified atom stereocenters. The Hall–Kier alpha value is -4.13. The predicted octanol–water partition coefficient (Wildman–Crippen LogP) is 4.73. The fourth-order valence-corrected chi connectivity index (χ4v) is 3.32. The van der Waals surface area contributed by atoms with E-state index < -0.39 is 0 Å². The van der Waals surface area contributed by atoms with Gasteiger partial charge in [-0.3, -0.25) is 4.99 Å². The standard InChI is InChI=1S/C24H21N3O4/c1-3-31-19-11-9-18(10-12-19)25-16-23-24(17-7-5-4-6-8-17)27(29)21-14-13-20(30-2)15-22(21)26(23)28/h4-16H,3H2,1-2H3. The molecule has 4 rings (SSSR count). The summed E-state index contributed by atoms with van der Waals surface area (Å²) in [6.07, 6.45) is 1.42. The Bertz CT molecular complexity index is 1300. The minimum Gasteiger partial charge on any atom is -0.805 e. The third-order valence-electron chi connectivity index (χ3n) is 4.82. The molecule has 0 aliphatic carbocycles. The van der Waals surface area contributed by atoms with E-state index >= 15 is 0 Å². The molecule has 1 heterocycles. The Morgan fingerprint density at radius 2 is 1.74 bits per heavy atom. The number of methoxy groups -OCH3 is 1. The van der Waals surface area contributed by atoms with E-state index in [2.05, 4.69) is 4.99 Å². The summed E-state index contributed by atoms with van der Waals surface area (Å²) in [6.45, 7) is 2.49. The Morgan fingerprint density at radius 3 is 2.42 bits per heavy atom. The largest absolute Gasteiger partial charge is 0.805 e. The van der Waals surface area contributed by atoms with Crippen molar-refractivity contribution < 1.29 is 13.9 Å². The normalized spacial score (nSPS) is 11.2. The van der Waals surface area contributed by atoms with E-state index in [0.717, 1.165) is 10.2 Å². The fourth-order valence-electron chi connectivity index (χ4n) is 3.32. The van der Waals surface area contributed by atoms with Crippen LogP contribution >= 0.6 is 0 Å². The van der Waals surface area contributed by atoms with Crippen molar-refractivity contribution in [1.82, 2.24) is 4.73 Å². The van der Waals surface area contributed by atoms with Gasteiger partial charge in [0.25, 0.3) is 11.2 Å². The van der Waals surface area contributed by atoms with Crippen molar-refractivity contribution in [2.45, 2.75) is 6.92 Å². The first-order chi connectivity index (χ1) is 15.1. The molecule has 0 bridgehead atoms. The van der Waals surface area contributed by atoms with E-state index in [0.29, 0.717) is 28.3 Å². The fraction of sp³-hybridized carbons (Fsp3) is 0.125. The molecule has 7 nitrogen and oxygen atoms in total. The maximum absolute atomic E-state index is 13.3. The summed E-state index contributed by atoms with van der Waals surface area (Å²) < 4.78 is 12.1. The third-order valence-corrected chi connectivity index (χ3v) is 4.82. The van der Waals surface area contributed by atoms with Crippen LogP contribution in [0.25, 0.3) is 22.3 Å². The summed E-state index contributed by atoms with van der Waals surface area (Å²) in [5.41, 5.74) is 2.05. The smallest absolute Gasteiger partial charge is 0.295 e. The molecular weight excluding hydrogens is 394 g/mol. The summed E-state index contributed by atoms with van der Waals surface area (Å²) in [5, 5.41) is 13.3. The lowest BCUT2D eigenvalue weighted by atomic mass is 10.1. The number of rotatable bonds is 6. The molecule has 3 aromatic carbocycles. The van der Waals surface area contributed by atoms with Gasteiger partial charge >= 0.3 is 0 Å². The summed E-state index contributed by atoms with van der Waals surface area (Å²) >= 11 is 0. The van der Waals surface area contributed by atoms with Gasteiger partial charge in [0.05, 0.1) is 35.6 Å². The van der Waals surface area contributed by atoms with Crippen LogP contribution in [0.4, 0.5) is 5.69 Å². The zero-order valence-electron chi connectivity index (χ0n) is 17.2. The molecule has 4 aromatic rings. The van der Waals surface area contributed by atoms with Crippen LogP contribution in [0, 0.1) is 10.1 Å². The molecule has 0 aliphatic heterocycles. The number of hydrogen-bond acceptors (Lipinski definition) is 5. The number of aliphatic imine (C=N–C) groups is 1. The quantitative estimate of drug-likeness (QED) is 0.337. The molecule has 0 saturated carbocycles. The van der Waals surface area contributed by atoms with Crippen LogP contribution in [0.2, 0.25) is 0 Å². The molecule has 0 saturated heterocycles. The lowest BCUT2D eigenvalue weighted by Crippen LogP contribution is -2.25. The van der Waals surface area contributed by atoms with Gasteiger partial charge in [-0.1, -0.05) is 18.2 Å². The first-order valence-corrected chi connectivity index (χ1v) is 9.81. The molecule has 0 atom stereocenters. The van der Waals surface area contributed by atoms with Crippen molar-refractivity contribution in [3.8, 4) is 22.8 Å². The van der Waals surface area contributed by atoms with Crippen molar-refractivity contribution in [3.63, 3.8) is 0 Å². The molecule has 0 amide bonds. The average Bonchev–Trinajstić information content (AvgIpc) is 2.81. The number of hydrogen-bond donors (Lipinski definition) is 0. The molecule has 0 N–H and O–H groups in total. The van der Waals surface area contributed by atoms with Crippen molar-refractivity contribution in [2.75, 3.05) is 13.7 Å². The van der Waals surface area contributed by atoms with Crippen LogP contribution < -0.4 is 13.9 Å². The van der Waals surface area contributed by atoms with Gasteiger partial charge in [0, 0.05) is 17.0 Å². The van der Waals surface area contributed by atoms with Gasteiger partial charge in [0.15, 0.2) is 0 Å². The predicted molar refractivity (Wildman–Crippen MR) is 121 cm³/mol. The highest BCUT2D eigenvalue weighted by atomic mass is 16.5. The van der Waals surface area contributed by atoms with E-state index in [1.807, 2.05) is 25.1 Å². The van der Waals surface area contributed by atoms with Crippen molar-refractivity contribution >= 4 is 22.9 Å². The molecular formula is C24H21N3O4. The van der Waals surface area contributed by atoms with Crippen molar-refractivity contribution in [2.24, 2.45) is 4.99 Å². The Kier molecular flexibility index (Phi) is 5.66. The highest BCUT2D eigenvalue weighted by Gasteiger charge is 2.23. The van der Waals surface area contributed by atoms with Gasteiger partial charge in [-0.05, 0) is 49.4 Å². The molecule has 0 aliphatic rings. The molecule has 31 heavy (non-hydrogen) atoms. The van der Waals surface area contributed by atoms with Crippen molar-refractivity contribution in [1.29, 1.82) is 0 Å². The third kappa shape index (κ3) is 3.98. The van der Waals surface area contributed by atoms with Gasteiger partial charge in [-0.15, -0.1) is 0 Å². The van der Waals surface area contributed by atoms with E-state index in [9.17, 15) is 10.1 Å². The van der Waals surface area contributed by atoms with Crippen LogP contribution in [0.15, 0.2) is 77.8 Å². The maximum Gasteiger partial charge on any atom is 0.295 e. The molecule has 1 aromatic heterocycles. The zero-order valence-corrected chi connectivity index (χ0v) is 17.2. The minimum atomic E-state index is 0.135. The second kappa shape index (κ2) is 8.71. The highest BCUT2D eigenvalue weighted by Crippen LogP contribution is 2.25. The zero-order chi connectivity index (χ0) is 21.8. The van der Waals surface area contributed by atoms with E-state index in [1.165, 1.54) is 13.3 Å². The van der Waals surface area contributed by atoms with Gasteiger partial charge in [-0.25, -0.2) is 0 Å². The first kappa shape index (κ1) is 20.2. The monoisotopic (exact) mass is 415 g/mol. The maximum atomic E-state index is 13.3. The Balaban J connectivity index is 1.91. The summed E-state index contributed by atoms with van der Waals surface area (Å²) in [7, 11) is 1.51. The lowest BCUT2D eigenvalue weighted by Gasteiger charge is -2.17. The van der Waals surface area contributed by atoms with Crippen LogP contribution in [0.1, 0.15) is 12.6 Å². The number of benzene rings is 3. The minimum absolute atomic E-state index is 0.135. The summed E-state index contributed by atoms with van der Waals surface area (Å²) in [6, 6.07) is 21.0. The Morgan fingerprint density at radius 1 is 1.03 bits per heavy atom. The Labute approximate surface area is 179 Å². The van der Waals surface area contributed by atoms with Crippen LogP contribution in [0.3, 0.4) is 0 Å². The van der Waals surface area contributed by atoms with E-state index in [4.69, 9.17) is 9.47 Å². The van der Waals surface area contributed by atoms with Gasteiger partial charge in [0.1, 0.15) is 22.7 Å². The first-order valence-electron chi connectivity index (χ1n) is 9.81. The van der Waals surface area contributed by atoms with Crippen molar-refractivity contribution in [3.05, 3.63) is 88.6 Å². The average molecular weight is 415 g/mol. The highest BCUT2D eigenvalue weighted by molar-refractivity contribution is 5.91. The second-order valence-corrected chi connectivity index (χ2v) is 6.73. The van der Waals surface area contributed by atoms with Crippen LogP contribution in [-0.4, -0.2) is 24.7 Å². The van der Waals surface area contributed by atoms with E-state index in [-0.39, 0.29) is 22.4 Å². The number of ether oxygens (including phenoxy) is 2. The molecule has 0 spiro atoms. The van der Waals surface area contributed by atoms with Crippen LogP contribution in [-0.2, 0) is 0 Å². The number of nitrogens with zero attached hydrogens (tertiary/aromatic N) is 3. The molecule has 156 valence electrons. The summed E-state index contributed by atoms with van der Waals surface area (Å²) in [5.74, 6) is 1.22. The summed E-state index contributed by atoms with van der Waals surface area (Å²) in [4.78, 5) is 17.7. The SMILES string of the molecule is CCOc1ccc(N=Cc2c(-c3ccccc3)[n+](=O)c3ccc(OC)cc3n2[O-])cc1. The lowest BCUT2D eigenvalue weighted by molar-refractivity contribution is -0.451. The number of aromatic nitrogens is 2. The van der Waals surface area contributed by atoms with Crippen LogP contribution in [0.5, 0.6) is 11.5 Å². The molecule has 0 radical (unpaired) electrons.